The highest BCUT2D eigenvalue weighted by atomic mass is 32.2. The van der Waals surface area contributed by atoms with Crippen LogP contribution in [0.25, 0.3) is 0 Å². The minimum Gasteiger partial charge on any atom is -0.334 e. The lowest BCUT2D eigenvalue weighted by atomic mass is 10.1. The van der Waals surface area contributed by atoms with Gasteiger partial charge in [-0.25, -0.2) is 8.42 Å². The van der Waals surface area contributed by atoms with Gasteiger partial charge in [0, 0.05) is 18.2 Å². The molecule has 0 N–H and O–H groups in total. The van der Waals surface area contributed by atoms with Gasteiger partial charge in [0.1, 0.15) is 0 Å². The first-order valence-electron chi connectivity index (χ1n) is 7.36. The number of carbonyl (C=O) groups excluding carboxylic acids is 1. The summed E-state index contributed by atoms with van der Waals surface area (Å²) in [4.78, 5) is 14.5. The molecule has 0 bridgehead atoms. The third-order valence-electron chi connectivity index (χ3n) is 3.77. The van der Waals surface area contributed by atoms with Gasteiger partial charge in [-0.1, -0.05) is 31.5 Å². The van der Waals surface area contributed by atoms with Crippen LogP contribution in [-0.2, 0) is 9.84 Å². The zero-order valence-electron chi connectivity index (χ0n) is 12.9. The zero-order chi connectivity index (χ0) is 15.6. The van der Waals surface area contributed by atoms with E-state index in [4.69, 9.17) is 0 Å². The number of nitrogens with zero attached hydrogens (tertiary/aromatic N) is 1. The molecule has 1 aromatic rings. The maximum absolute atomic E-state index is 12.7. The highest BCUT2D eigenvalue weighted by Gasteiger charge is 2.35. The van der Waals surface area contributed by atoms with Crippen LogP contribution >= 0.6 is 0 Å². The monoisotopic (exact) mass is 309 g/mol. The molecule has 0 aromatic heterocycles. The van der Waals surface area contributed by atoms with Crippen LogP contribution < -0.4 is 0 Å². The smallest absolute Gasteiger partial charge is 0.254 e. The van der Waals surface area contributed by atoms with E-state index in [1.54, 1.807) is 4.90 Å². The molecular formula is C16H23NO3S. The van der Waals surface area contributed by atoms with Crippen LogP contribution in [0.1, 0.15) is 36.2 Å². The molecule has 2 rings (SSSR count). The predicted molar refractivity (Wildman–Crippen MR) is 84.1 cm³/mol. The molecule has 116 valence electrons. The third kappa shape index (κ3) is 4.06. The van der Waals surface area contributed by atoms with Crippen molar-refractivity contribution in [1.82, 2.24) is 4.90 Å². The molecule has 1 atom stereocenters. The Morgan fingerprint density at radius 2 is 1.90 bits per heavy atom. The van der Waals surface area contributed by atoms with Crippen LogP contribution in [0.3, 0.4) is 0 Å². The van der Waals surface area contributed by atoms with Gasteiger partial charge in [0.2, 0.25) is 0 Å². The minimum absolute atomic E-state index is 0.0641. The van der Waals surface area contributed by atoms with Gasteiger partial charge in [0.25, 0.3) is 5.91 Å². The van der Waals surface area contributed by atoms with Crippen molar-refractivity contribution >= 4 is 15.7 Å². The lowest BCUT2D eigenvalue weighted by Crippen LogP contribution is -2.43. The lowest BCUT2D eigenvalue weighted by Gasteiger charge is -2.30. The quantitative estimate of drug-likeness (QED) is 0.857. The van der Waals surface area contributed by atoms with Crippen LogP contribution in [0, 0.1) is 12.8 Å². The zero-order valence-corrected chi connectivity index (χ0v) is 13.7. The number of hydrogen-bond acceptors (Lipinski definition) is 3. The average molecular weight is 309 g/mol. The van der Waals surface area contributed by atoms with Crippen LogP contribution in [0.2, 0.25) is 0 Å². The van der Waals surface area contributed by atoms with Gasteiger partial charge in [0.05, 0.1) is 11.5 Å². The fraction of sp³-hybridized carbons (Fsp3) is 0.562. The summed E-state index contributed by atoms with van der Waals surface area (Å²) in [5.41, 5.74) is 1.73. The number of rotatable bonds is 4. The first kappa shape index (κ1) is 16.0. The molecule has 0 radical (unpaired) electrons. The molecule has 1 aromatic carbocycles. The second kappa shape index (κ2) is 6.18. The van der Waals surface area contributed by atoms with E-state index in [1.165, 1.54) is 0 Å². The van der Waals surface area contributed by atoms with Gasteiger partial charge in [-0.15, -0.1) is 0 Å². The number of carbonyl (C=O) groups is 1. The summed E-state index contributed by atoms with van der Waals surface area (Å²) in [6, 6.07) is 7.26. The van der Waals surface area contributed by atoms with Gasteiger partial charge in [-0.3, -0.25) is 4.79 Å². The Balaban J connectivity index is 2.23. The van der Waals surface area contributed by atoms with Crippen molar-refractivity contribution in [3.63, 3.8) is 0 Å². The summed E-state index contributed by atoms with van der Waals surface area (Å²) in [5, 5.41) is 0. The molecule has 1 fully saturated rings. The molecule has 1 heterocycles. The maximum Gasteiger partial charge on any atom is 0.254 e. The Morgan fingerprint density at radius 1 is 1.29 bits per heavy atom. The molecule has 4 nitrogen and oxygen atoms in total. The molecule has 21 heavy (non-hydrogen) atoms. The van der Waals surface area contributed by atoms with E-state index in [0.717, 1.165) is 5.56 Å². The molecule has 1 amide bonds. The van der Waals surface area contributed by atoms with E-state index in [-0.39, 0.29) is 23.5 Å². The van der Waals surface area contributed by atoms with Crippen molar-refractivity contribution in [3.05, 3.63) is 35.4 Å². The van der Waals surface area contributed by atoms with Crippen molar-refractivity contribution in [1.29, 1.82) is 0 Å². The minimum atomic E-state index is -2.99. The SMILES string of the molecule is Cc1ccc(C(=O)N(CC(C)C)C2CCS(=O)(=O)C2)cc1. The Hall–Kier alpha value is -1.36. The Labute approximate surface area is 127 Å². The summed E-state index contributed by atoms with van der Waals surface area (Å²) in [5.74, 6) is 0.526. The van der Waals surface area contributed by atoms with E-state index in [0.29, 0.717) is 24.4 Å². The van der Waals surface area contributed by atoms with E-state index in [2.05, 4.69) is 0 Å². The number of hydrogen-bond donors (Lipinski definition) is 0. The van der Waals surface area contributed by atoms with Crippen molar-refractivity contribution < 1.29 is 13.2 Å². The summed E-state index contributed by atoms with van der Waals surface area (Å²) in [6.45, 7) is 6.65. The van der Waals surface area contributed by atoms with Crippen LogP contribution in [-0.4, -0.2) is 43.3 Å². The standard InChI is InChI=1S/C16H23NO3S/c1-12(2)10-17(15-8-9-21(19,20)11-15)16(18)14-6-4-13(3)5-7-14/h4-7,12,15H,8-11H2,1-3H3. The van der Waals surface area contributed by atoms with Gasteiger partial charge in [-0.2, -0.15) is 0 Å². The largest absolute Gasteiger partial charge is 0.334 e. The lowest BCUT2D eigenvalue weighted by molar-refractivity contribution is 0.0672. The highest BCUT2D eigenvalue weighted by molar-refractivity contribution is 7.91. The maximum atomic E-state index is 12.7. The first-order valence-corrected chi connectivity index (χ1v) is 9.19. The Kier molecular flexibility index (Phi) is 4.71. The summed E-state index contributed by atoms with van der Waals surface area (Å²) in [7, 11) is -2.99. The molecule has 1 saturated heterocycles. The van der Waals surface area contributed by atoms with Gasteiger partial charge >= 0.3 is 0 Å². The fourth-order valence-electron chi connectivity index (χ4n) is 2.67. The Morgan fingerprint density at radius 3 is 2.38 bits per heavy atom. The van der Waals surface area contributed by atoms with Crippen molar-refractivity contribution in [2.75, 3.05) is 18.1 Å². The van der Waals surface area contributed by atoms with Crippen molar-refractivity contribution in [3.8, 4) is 0 Å². The van der Waals surface area contributed by atoms with Gasteiger partial charge in [0.15, 0.2) is 9.84 Å². The molecule has 1 aliphatic heterocycles. The second-order valence-corrected chi connectivity index (χ2v) is 8.50. The summed E-state index contributed by atoms with van der Waals surface area (Å²) in [6.07, 6.45) is 0.548. The van der Waals surface area contributed by atoms with Crippen molar-refractivity contribution in [2.24, 2.45) is 5.92 Å². The molecule has 0 aliphatic carbocycles. The number of amides is 1. The van der Waals surface area contributed by atoms with Crippen LogP contribution in [0.4, 0.5) is 0 Å². The van der Waals surface area contributed by atoms with Crippen LogP contribution in [0.5, 0.6) is 0 Å². The molecule has 0 saturated carbocycles. The summed E-state index contributed by atoms with van der Waals surface area (Å²) < 4.78 is 23.4. The number of sulfone groups is 1. The van der Waals surface area contributed by atoms with Gasteiger partial charge in [-0.05, 0) is 31.4 Å². The van der Waals surface area contributed by atoms with Crippen LogP contribution in [0.15, 0.2) is 24.3 Å². The molecule has 1 unspecified atom stereocenters. The van der Waals surface area contributed by atoms with E-state index in [9.17, 15) is 13.2 Å². The van der Waals surface area contributed by atoms with Gasteiger partial charge < -0.3 is 4.90 Å². The predicted octanol–water partition coefficient (Wildman–Crippen LogP) is 2.28. The molecular weight excluding hydrogens is 286 g/mol. The van der Waals surface area contributed by atoms with E-state index < -0.39 is 9.84 Å². The Bertz CT molecular complexity index is 605. The highest BCUT2D eigenvalue weighted by Crippen LogP contribution is 2.21. The molecule has 5 heteroatoms. The normalized spacial score (nSPS) is 20.7. The number of benzene rings is 1. The first-order chi connectivity index (χ1) is 9.78. The molecule has 1 aliphatic rings. The van der Waals surface area contributed by atoms with E-state index in [1.807, 2.05) is 45.0 Å². The van der Waals surface area contributed by atoms with E-state index >= 15 is 0 Å². The molecule has 0 spiro atoms. The van der Waals surface area contributed by atoms with Crippen molar-refractivity contribution in [2.45, 2.75) is 33.2 Å². The fourth-order valence-corrected chi connectivity index (χ4v) is 4.41. The second-order valence-electron chi connectivity index (χ2n) is 6.27. The summed E-state index contributed by atoms with van der Waals surface area (Å²) >= 11 is 0. The number of aryl methyl sites for hydroxylation is 1. The third-order valence-corrected chi connectivity index (χ3v) is 5.52. The average Bonchev–Trinajstić information content (AvgIpc) is 2.76. The topological polar surface area (TPSA) is 54.5 Å².